The molecule has 1 atom stereocenters. The maximum atomic E-state index is 6.34. The second kappa shape index (κ2) is 4.52. The highest BCUT2D eigenvalue weighted by Gasteiger charge is 2.68. The van der Waals surface area contributed by atoms with Crippen LogP contribution in [0.3, 0.4) is 0 Å². The molecular formula is C12H9Cl4N3. The number of halogens is 4. The molecule has 0 N–H and O–H groups in total. The zero-order chi connectivity index (χ0) is 13.7. The lowest BCUT2D eigenvalue weighted by molar-refractivity contribution is 0.497. The summed E-state index contributed by atoms with van der Waals surface area (Å²) in [4.78, 5) is 3.92. The number of benzene rings is 1. The summed E-state index contributed by atoms with van der Waals surface area (Å²) in [6.07, 6.45) is 3.72. The normalized spacial score (nSPS) is 24.4. The maximum absolute atomic E-state index is 6.34. The van der Waals surface area contributed by atoms with Crippen LogP contribution in [-0.2, 0) is 12.0 Å². The SMILES string of the molecule is Clc1ccc(C2(Cn3cncn3)CC2(Cl)Cl)c(Cl)c1. The fraction of sp³-hybridized carbons (Fsp3) is 0.333. The van der Waals surface area contributed by atoms with Crippen molar-refractivity contribution in [1.82, 2.24) is 14.8 Å². The second-order valence-electron chi connectivity index (χ2n) is 4.68. The molecule has 0 aliphatic heterocycles. The number of rotatable bonds is 3. The zero-order valence-electron chi connectivity index (χ0n) is 9.65. The average molecular weight is 337 g/mol. The van der Waals surface area contributed by atoms with Crippen molar-refractivity contribution in [3.63, 3.8) is 0 Å². The molecule has 1 heterocycles. The Balaban J connectivity index is 2.02. The van der Waals surface area contributed by atoms with Crippen LogP contribution < -0.4 is 0 Å². The Labute approximate surface area is 130 Å². The number of alkyl halides is 2. The van der Waals surface area contributed by atoms with Gasteiger partial charge in [0.15, 0.2) is 0 Å². The van der Waals surface area contributed by atoms with Gasteiger partial charge >= 0.3 is 0 Å². The van der Waals surface area contributed by atoms with Crippen molar-refractivity contribution in [2.24, 2.45) is 0 Å². The van der Waals surface area contributed by atoms with Crippen molar-refractivity contribution in [2.45, 2.75) is 22.7 Å². The van der Waals surface area contributed by atoms with Crippen LogP contribution in [0, 0.1) is 0 Å². The highest BCUT2D eigenvalue weighted by Crippen LogP contribution is 2.66. The van der Waals surface area contributed by atoms with E-state index in [0.717, 1.165) is 5.56 Å². The van der Waals surface area contributed by atoms with Gasteiger partial charge in [-0.25, -0.2) is 4.98 Å². The van der Waals surface area contributed by atoms with Gasteiger partial charge in [-0.05, 0) is 24.1 Å². The lowest BCUT2D eigenvalue weighted by Crippen LogP contribution is -2.23. The number of hydrogen-bond acceptors (Lipinski definition) is 2. The molecule has 0 amide bonds. The molecule has 0 radical (unpaired) electrons. The standard InChI is InChI=1S/C12H9Cl4N3/c13-8-1-2-9(10(14)3-8)11(4-12(11,15)16)5-19-7-17-6-18-19/h1-3,6-7H,4-5H2. The molecule has 2 aromatic rings. The van der Waals surface area contributed by atoms with E-state index in [1.807, 2.05) is 6.07 Å². The lowest BCUT2D eigenvalue weighted by Gasteiger charge is -2.20. The highest BCUT2D eigenvalue weighted by atomic mass is 35.5. The summed E-state index contributed by atoms with van der Waals surface area (Å²) in [5, 5.41) is 5.25. The van der Waals surface area contributed by atoms with Crippen LogP contribution in [-0.4, -0.2) is 19.1 Å². The van der Waals surface area contributed by atoms with Crippen LogP contribution in [0.4, 0.5) is 0 Å². The van der Waals surface area contributed by atoms with Crippen LogP contribution >= 0.6 is 46.4 Å². The van der Waals surface area contributed by atoms with Gasteiger partial charge in [-0.2, -0.15) is 5.10 Å². The van der Waals surface area contributed by atoms with E-state index in [0.29, 0.717) is 23.0 Å². The molecule has 7 heteroatoms. The minimum atomic E-state index is -0.851. The van der Waals surface area contributed by atoms with Gasteiger partial charge in [-0.1, -0.05) is 29.3 Å². The molecular weight excluding hydrogens is 328 g/mol. The van der Waals surface area contributed by atoms with Crippen LogP contribution in [0.2, 0.25) is 10.0 Å². The summed E-state index contributed by atoms with van der Waals surface area (Å²) in [7, 11) is 0. The third-order valence-electron chi connectivity index (χ3n) is 3.44. The van der Waals surface area contributed by atoms with Crippen LogP contribution in [0.25, 0.3) is 0 Å². The summed E-state index contributed by atoms with van der Waals surface area (Å²) < 4.78 is 0.855. The summed E-state index contributed by atoms with van der Waals surface area (Å²) in [6, 6.07) is 5.35. The molecule has 1 aromatic carbocycles. The van der Waals surface area contributed by atoms with Gasteiger partial charge in [-0.15, -0.1) is 23.2 Å². The van der Waals surface area contributed by atoms with Gasteiger partial charge in [0, 0.05) is 10.0 Å². The summed E-state index contributed by atoms with van der Waals surface area (Å²) in [5.74, 6) is 0. The highest BCUT2D eigenvalue weighted by molar-refractivity contribution is 6.52. The first-order chi connectivity index (χ1) is 8.95. The van der Waals surface area contributed by atoms with Crippen LogP contribution in [0.15, 0.2) is 30.9 Å². The maximum Gasteiger partial charge on any atom is 0.137 e. The van der Waals surface area contributed by atoms with E-state index < -0.39 is 9.75 Å². The molecule has 1 aliphatic rings. The van der Waals surface area contributed by atoms with E-state index in [-0.39, 0.29) is 0 Å². The topological polar surface area (TPSA) is 30.7 Å². The average Bonchev–Trinajstić information content (AvgIpc) is 2.71. The fourth-order valence-electron chi connectivity index (χ4n) is 2.35. The number of hydrogen-bond donors (Lipinski definition) is 0. The fourth-order valence-corrected chi connectivity index (χ4v) is 3.72. The first-order valence-corrected chi connectivity index (χ1v) is 7.12. The summed E-state index contributed by atoms with van der Waals surface area (Å²) >= 11 is 24.9. The Bertz CT molecular complexity index is 611. The van der Waals surface area contributed by atoms with Gasteiger partial charge in [0.05, 0.1) is 12.0 Å². The van der Waals surface area contributed by atoms with E-state index in [2.05, 4.69) is 10.1 Å². The van der Waals surface area contributed by atoms with E-state index in [1.165, 1.54) is 6.33 Å². The van der Waals surface area contributed by atoms with Gasteiger partial charge < -0.3 is 0 Å². The predicted molar refractivity (Wildman–Crippen MR) is 77.2 cm³/mol. The smallest absolute Gasteiger partial charge is 0.137 e. The van der Waals surface area contributed by atoms with E-state index >= 15 is 0 Å². The molecule has 3 nitrogen and oxygen atoms in total. The Kier molecular flexibility index (Phi) is 3.21. The van der Waals surface area contributed by atoms with E-state index in [4.69, 9.17) is 46.4 Å². The Morgan fingerprint density at radius 3 is 2.53 bits per heavy atom. The predicted octanol–water partition coefficient (Wildman–Crippen LogP) is 4.10. The van der Waals surface area contributed by atoms with Gasteiger partial charge in [0.2, 0.25) is 0 Å². The molecule has 19 heavy (non-hydrogen) atoms. The van der Waals surface area contributed by atoms with Crippen molar-refractivity contribution in [3.8, 4) is 0 Å². The molecule has 1 fully saturated rings. The number of aromatic nitrogens is 3. The molecule has 0 spiro atoms. The van der Waals surface area contributed by atoms with Crippen molar-refractivity contribution in [2.75, 3.05) is 0 Å². The molecule has 0 saturated heterocycles. The molecule has 1 unspecified atom stereocenters. The van der Waals surface area contributed by atoms with Crippen LogP contribution in [0.1, 0.15) is 12.0 Å². The molecule has 1 aromatic heterocycles. The monoisotopic (exact) mass is 335 g/mol. The van der Waals surface area contributed by atoms with Gasteiger partial charge in [-0.3, -0.25) is 4.68 Å². The molecule has 1 saturated carbocycles. The first-order valence-electron chi connectivity index (χ1n) is 5.60. The third kappa shape index (κ3) is 2.23. The second-order valence-corrected chi connectivity index (χ2v) is 7.01. The van der Waals surface area contributed by atoms with E-state index in [9.17, 15) is 0 Å². The van der Waals surface area contributed by atoms with Crippen molar-refractivity contribution >= 4 is 46.4 Å². The zero-order valence-corrected chi connectivity index (χ0v) is 12.7. The Morgan fingerprint density at radius 1 is 1.26 bits per heavy atom. The van der Waals surface area contributed by atoms with E-state index in [1.54, 1.807) is 23.1 Å². The minimum Gasteiger partial charge on any atom is -0.252 e. The third-order valence-corrected chi connectivity index (χ3v) is 4.98. The number of nitrogens with zero attached hydrogens (tertiary/aromatic N) is 3. The first kappa shape index (κ1) is 13.5. The van der Waals surface area contributed by atoms with Crippen molar-refractivity contribution in [1.29, 1.82) is 0 Å². The van der Waals surface area contributed by atoms with Crippen LogP contribution in [0.5, 0.6) is 0 Å². The van der Waals surface area contributed by atoms with Crippen molar-refractivity contribution < 1.29 is 0 Å². The molecule has 100 valence electrons. The largest absolute Gasteiger partial charge is 0.252 e. The molecule has 1 aliphatic carbocycles. The van der Waals surface area contributed by atoms with Gasteiger partial charge in [0.25, 0.3) is 0 Å². The quantitative estimate of drug-likeness (QED) is 0.790. The summed E-state index contributed by atoms with van der Waals surface area (Å²) in [6.45, 7) is 0.529. The van der Waals surface area contributed by atoms with Crippen molar-refractivity contribution in [3.05, 3.63) is 46.5 Å². The molecule has 3 rings (SSSR count). The Hall–Kier alpha value is -0.480. The van der Waals surface area contributed by atoms with Gasteiger partial charge in [0.1, 0.15) is 17.0 Å². The molecule has 0 bridgehead atoms. The Morgan fingerprint density at radius 2 is 2.00 bits per heavy atom. The lowest BCUT2D eigenvalue weighted by atomic mass is 9.95. The minimum absolute atomic E-state index is 0.453. The summed E-state index contributed by atoms with van der Waals surface area (Å²) in [5.41, 5.74) is 0.435.